The number of halogens is 3. The molecule has 1 fully saturated rings. The Morgan fingerprint density at radius 3 is 2.86 bits per heavy atom. The van der Waals surface area contributed by atoms with Crippen LogP contribution in [0.1, 0.15) is 24.0 Å². The Kier molecular flexibility index (Phi) is 5.54. The molecular weight excluding hydrogens is 377 g/mol. The maximum Gasteiger partial charge on any atom is 0.253 e. The number of fused-ring (bicyclic) bond motifs is 1. The van der Waals surface area contributed by atoms with Gasteiger partial charge in [-0.2, -0.15) is 0 Å². The first-order chi connectivity index (χ1) is 13.9. The zero-order valence-electron chi connectivity index (χ0n) is 16.4. The van der Waals surface area contributed by atoms with Gasteiger partial charge in [-0.1, -0.05) is 12.1 Å². The Bertz CT molecular complexity index is 985. The second-order valence-corrected chi connectivity index (χ2v) is 7.84. The topological polar surface area (TPSA) is 28.3 Å². The number of nitrogens with zero attached hydrogens (tertiary/aromatic N) is 1. The number of rotatable bonds is 6. The Morgan fingerprint density at radius 2 is 2.07 bits per heavy atom. The molecule has 3 nitrogen and oxygen atoms in total. The number of aromatic nitrogens is 1. The number of ether oxygens (including phenoxy) is 1. The second kappa shape index (κ2) is 8.11. The van der Waals surface area contributed by atoms with E-state index in [1.165, 1.54) is 12.1 Å². The lowest BCUT2D eigenvalue weighted by atomic mass is 9.88. The quantitative estimate of drug-likeness (QED) is 0.598. The van der Waals surface area contributed by atoms with Gasteiger partial charge in [-0.3, -0.25) is 4.90 Å². The number of piperidine rings is 1. The first-order valence-corrected chi connectivity index (χ1v) is 9.93. The SMILES string of the molecule is COc1ccc2c(CN3CCC(F)(F)C(CCc4cccc(F)c4)C3)c[nH]c2c1. The van der Waals surface area contributed by atoms with Crippen molar-refractivity contribution in [1.29, 1.82) is 0 Å². The first kappa shape index (κ1) is 19.8. The molecule has 3 aromatic rings. The fraction of sp³-hybridized carbons (Fsp3) is 0.391. The number of alkyl halides is 2. The van der Waals surface area contributed by atoms with Crippen LogP contribution in [0.25, 0.3) is 10.9 Å². The van der Waals surface area contributed by atoms with Crippen molar-refractivity contribution in [3.05, 3.63) is 65.6 Å². The van der Waals surface area contributed by atoms with Gasteiger partial charge in [-0.25, -0.2) is 13.2 Å². The lowest BCUT2D eigenvalue weighted by Gasteiger charge is -2.38. The van der Waals surface area contributed by atoms with Crippen molar-refractivity contribution in [3.63, 3.8) is 0 Å². The van der Waals surface area contributed by atoms with Gasteiger partial charge in [0.05, 0.1) is 7.11 Å². The minimum atomic E-state index is -2.68. The molecule has 0 spiro atoms. The summed E-state index contributed by atoms with van der Waals surface area (Å²) in [6.07, 6.45) is 2.60. The molecule has 0 saturated carbocycles. The van der Waals surface area contributed by atoms with Crippen LogP contribution in [0.5, 0.6) is 5.75 Å². The molecule has 0 aliphatic carbocycles. The average Bonchev–Trinajstić information content (AvgIpc) is 3.10. The third-order valence-electron chi connectivity index (χ3n) is 5.88. The maximum absolute atomic E-state index is 14.5. The van der Waals surface area contributed by atoms with Crippen LogP contribution in [0, 0.1) is 11.7 Å². The molecule has 154 valence electrons. The molecule has 1 saturated heterocycles. The smallest absolute Gasteiger partial charge is 0.253 e. The standard InChI is InChI=1S/C23H25F3N2O/c1-29-20-7-8-21-17(13-27-22(21)12-20)14-28-10-9-23(25,26)18(15-28)6-5-16-3-2-4-19(24)11-16/h2-4,7-8,11-13,18,27H,5-6,9-10,14-15H2,1H3. The highest BCUT2D eigenvalue weighted by molar-refractivity contribution is 5.84. The van der Waals surface area contributed by atoms with Gasteiger partial charge in [-0.15, -0.1) is 0 Å². The number of hydrogen-bond acceptors (Lipinski definition) is 2. The summed E-state index contributed by atoms with van der Waals surface area (Å²) in [5.41, 5.74) is 2.84. The third kappa shape index (κ3) is 4.42. The molecule has 1 aromatic heterocycles. The van der Waals surface area contributed by atoms with Gasteiger partial charge in [0.15, 0.2) is 0 Å². The molecule has 1 unspecified atom stereocenters. The Hall–Kier alpha value is -2.47. The van der Waals surface area contributed by atoms with E-state index in [2.05, 4.69) is 9.88 Å². The zero-order chi connectivity index (χ0) is 20.4. The van der Waals surface area contributed by atoms with E-state index >= 15 is 0 Å². The number of aryl methyl sites for hydroxylation is 1. The number of nitrogens with one attached hydrogen (secondary N) is 1. The predicted octanol–water partition coefficient (Wildman–Crippen LogP) is 5.41. The Morgan fingerprint density at radius 1 is 1.21 bits per heavy atom. The Labute approximate surface area is 168 Å². The summed E-state index contributed by atoms with van der Waals surface area (Å²) in [6.45, 7) is 1.33. The monoisotopic (exact) mass is 402 g/mol. The van der Waals surface area contributed by atoms with E-state index in [1.54, 1.807) is 19.2 Å². The van der Waals surface area contributed by atoms with Crippen molar-refractivity contribution < 1.29 is 17.9 Å². The predicted molar refractivity (Wildman–Crippen MR) is 108 cm³/mol. The highest BCUT2D eigenvalue weighted by atomic mass is 19.3. The molecule has 0 amide bonds. The molecule has 1 N–H and O–H groups in total. The van der Waals surface area contributed by atoms with Crippen LogP contribution in [0.4, 0.5) is 13.2 Å². The Balaban J connectivity index is 1.44. The van der Waals surface area contributed by atoms with E-state index in [1.807, 2.05) is 24.4 Å². The lowest BCUT2D eigenvalue weighted by Crippen LogP contribution is -2.46. The largest absolute Gasteiger partial charge is 0.497 e. The highest BCUT2D eigenvalue weighted by Gasteiger charge is 2.43. The summed E-state index contributed by atoms with van der Waals surface area (Å²) in [4.78, 5) is 5.34. The summed E-state index contributed by atoms with van der Waals surface area (Å²) < 4.78 is 47.7. The number of likely N-dealkylation sites (tertiary alicyclic amines) is 1. The van der Waals surface area contributed by atoms with E-state index in [9.17, 15) is 13.2 Å². The second-order valence-electron chi connectivity index (χ2n) is 7.84. The van der Waals surface area contributed by atoms with E-state index in [0.717, 1.165) is 27.8 Å². The van der Waals surface area contributed by atoms with Gasteiger partial charge in [-0.05, 0) is 48.2 Å². The van der Waals surface area contributed by atoms with E-state index in [4.69, 9.17) is 4.74 Å². The van der Waals surface area contributed by atoms with Crippen LogP contribution >= 0.6 is 0 Å². The third-order valence-corrected chi connectivity index (χ3v) is 5.88. The van der Waals surface area contributed by atoms with Crippen molar-refractivity contribution >= 4 is 10.9 Å². The molecule has 0 radical (unpaired) electrons. The molecule has 2 heterocycles. The van der Waals surface area contributed by atoms with Gasteiger partial charge >= 0.3 is 0 Å². The minimum absolute atomic E-state index is 0.142. The molecule has 2 aromatic carbocycles. The van der Waals surface area contributed by atoms with Crippen molar-refractivity contribution in [3.8, 4) is 5.75 Å². The number of benzene rings is 2. The molecule has 1 aliphatic rings. The fourth-order valence-corrected chi connectivity index (χ4v) is 4.19. The van der Waals surface area contributed by atoms with Crippen LogP contribution in [-0.2, 0) is 13.0 Å². The first-order valence-electron chi connectivity index (χ1n) is 9.93. The van der Waals surface area contributed by atoms with E-state index in [0.29, 0.717) is 32.5 Å². The number of aromatic amines is 1. The van der Waals surface area contributed by atoms with Gasteiger partial charge < -0.3 is 9.72 Å². The number of H-pyrrole nitrogens is 1. The van der Waals surface area contributed by atoms with Crippen molar-refractivity contribution in [1.82, 2.24) is 9.88 Å². The average molecular weight is 402 g/mol. The van der Waals surface area contributed by atoms with Gasteiger partial charge in [0, 0.05) is 55.1 Å². The molecule has 1 aliphatic heterocycles. The highest BCUT2D eigenvalue weighted by Crippen LogP contribution is 2.37. The summed E-state index contributed by atoms with van der Waals surface area (Å²) in [5.74, 6) is -2.96. The van der Waals surface area contributed by atoms with Gasteiger partial charge in [0.2, 0.25) is 0 Å². The number of methoxy groups -OCH3 is 1. The van der Waals surface area contributed by atoms with E-state index in [-0.39, 0.29) is 12.2 Å². The summed E-state index contributed by atoms with van der Waals surface area (Å²) >= 11 is 0. The fourth-order valence-electron chi connectivity index (χ4n) is 4.19. The maximum atomic E-state index is 14.5. The molecule has 6 heteroatoms. The van der Waals surface area contributed by atoms with Gasteiger partial charge in [0.25, 0.3) is 5.92 Å². The molecule has 0 bridgehead atoms. The van der Waals surface area contributed by atoms with E-state index < -0.39 is 11.8 Å². The van der Waals surface area contributed by atoms with Crippen LogP contribution in [-0.4, -0.2) is 36.0 Å². The summed E-state index contributed by atoms with van der Waals surface area (Å²) in [6, 6.07) is 12.1. The van der Waals surface area contributed by atoms with Crippen LogP contribution in [0.2, 0.25) is 0 Å². The van der Waals surface area contributed by atoms with Crippen molar-refractivity contribution in [2.45, 2.75) is 31.7 Å². The van der Waals surface area contributed by atoms with Crippen molar-refractivity contribution in [2.75, 3.05) is 20.2 Å². The van der Waals surface area contributed by atoms with Crippen LogP contribution in [0.3, 0.4) is 0 Å². The lowest BCUT2D eigenvalue weighted by molar-refractivity contribution is -0.109. The summed E-state index contributed by atoms with van der Waals surface area (Å²) in [7, 11) is 1.63. The molecule has 4 rings (SSSR count). The normalized spacial score (nSPS) is 19.5. The van der Waals surface area contributed by atoms with Crippen LogP contribution in [0.15, 0.2) is 48.7 Å². The summed E-state index contributed by atoms with van der Waals surface area (Å²) in [5, 5.41) is 1.08. The van der Waals surface area contributed by atoms with Gasteiger partial charge in [0.1, 0.15) is 11.6 Å². The van der Waals surface area contributed by atoms with Crippen LogP contribution < -0.4 is 4.74 Å². The molecule has 1 atom stereocenters. The molecular formula is C23H25F3N2O. The number of hydrogen-bond donors (Lipinski definition) is 1. The zero-order valence-corrected chi connectivity index (χ0v) is 16.4. The van der Waals surface area contributed by atoms with Crippen molar-refractivity contribution in [2.24, 2.45) is 5.92 Å². The molecule has 29 heavy (non-hydrogen) atoms. The minimum Gasteiger partial charge on any atom is -0.497 e.